The van der Waals surface area contributed by atoms with E-state index in [2.05, 4.69) is 26.5 Å². The van der Waals surface area contributed by atoms with E-state index >= 15 is 0 Å². The molecule has 1 atom stereocenters. The maximum Gasteiger partial charge on any atom is 0.289 e. The lowest BCUT2D eigenvalue weighted by atomic mass is 10.0. The van der Waals surface area contributed by atoms with Gasteiger partial charge in [-0.3, -0.25) is 9.69 Å². The zero-order valence-corrected chi connectivity index (χ0v) is 18.7. The van der Waals surface area contributed by atoms with Crippen molar-refractivity contribution in [2.45, 2.75) is 12.6 Å². The Labute approximate surface area is 194 Å². The van der Waals surface area contributed by atoms with Gasteiger partial charge in [0, 0.05) is 36.1 Å². The van der Waals surface area contributed by atoms with E-state index in [0.717, 1.165) is 11.4 Å². The van der Waals surface area contributed by atoms with Crippen molar-refractivity contribution in [2.75, 3.05) is 26.2 Å². The lowest BCUT2D eigenvalue weighted by Gasteiger charge is -2.38. The molecule has 1 saturated heterocycles. The second-order valence-corrected chi connectivity index (χ2v) is 9.00. The molecule has 0 saturated carbocycles. The molecule has 1 amide bonds. The van der Waals surface area contributed by atoms with Crippen LogP contribution in [-0.2, 0) is 6.54 Å². The van der Waals surface area contributed by atoms with Gasteiger partial charge in [-0.05, 0) is 51.7 Å². The smallest absolute Gasteiger partial charge is 0.289 e. The van der Waals surface area contributed by atoms with E-state index in [4.69, 9.17) is 16.0 Å². The summed E-state index contributed by atoms with van der Waals surface area (Å²) in [5.41, 5.74) is 1.06. The number of thiophene rings is 1. The van der Waals surface area contributed by atoms with Gasteiger partial charge in [0.25, 0.3) is 5.91 Å². The van der Waals surface area contributed by atoms with Crippen LogP contribution in [0.25, 0.3) is 0 Å². The minimum absolute atomic E-state index is 0.0831. The number of rotatable bonds is 6. The lowest BCUT2D eigenvalue weighted by Crippen LogP contribution is -2.50. The first-order valence-electron chi connectivity index (χ1n) is 10.3. The van der Waals surface area contributed by atoms with Crippen LogP contribution in [0.15, 0.2) is 64.6 Å². The fourth-order valence-corrected chi connectivity index (χ4v) is 4.79. The highest BCUT2D eigenvalue weighted by atomic mass is 35.5. The number of piperazine rings is 1. The number of benzene rings is 1. The molecule has 1 aromatic carbocycles. The van der Waals surface area contributed by atoms with Crippen LogP contribution in [0.5, 0.6) is 0 Å². The van der Waals surface area contributed by atoms with Crippen molar-refractivity contribution < 1.29 is 9.21 Å². The molecule has 32 heavy (non-hydrogen) atoms. The third kappa shape index (κ3) is 4.32. The average Bonchev–Trinajstić information content (AvgIpc) is 3.60. The lowest BCUT2D eigenvalue weighted by molar-refractivity contribution is 0.0559. The predicted octanol–water partition coefficient (Wildman–Crippen LogP) is 3.58. The molecule has 4 heterocycles. The molecule has 164 valence electrons. The fraction of sp³-hybridized carbons (Fsp3) is 0.273. The van der Waals surface area contributed by atoms with Crippen LogP contribution >= 0.6 is 22.9 Å². The normalized spacial score (nSPS) is 15.7. The molecule has 0 N–H and O–H groups in total. The molecule has 1 aliphatic rings. The van der Waals surface area contributed by atoms with Crippen LogP contribution in [0.2, 0.25) is 5.02 Å². The standard InChI is InChI=1S/C22H21ClN6O2S/c23-17-7-5-16(6-8-17)20(21-24-25-26-29(21)15-18-3-2-14-32-18)27-9-11-28(12-10-27)22(30)19-4-1-13-31-19/h1-8,13-14,20H,9-12,15H2. The number of furan rings is 1. The highest BCUT2D eigenvalue weighted by Gasteiger charge is 2.32. The zero-order valence-electron chi connectivity index (χ0n) is 17.2. The summed E-state index contributed by atoms with van der Waals surface area (Å²) in [5, 5.41) is 15.4. The first-order valence-corrected chi connectivity index (χ1v) is 11.6. The Kier molecular flexibility index (Phi) is 6.02. The van der Waals surface area contributed by atoms with E-state index < -0.39 is 0 Å². The third-order valence-corrected chi connectivity index (χ3v) is 6.69. The molecule has 0 spiro atoms. The van der Waals surface area contributed by atoms with Crippen LogP contribution in [0.4, 0.5) is 0 Å². The van der Waals surface area contributed by atoms with Crippen molar-refractivity contribution in [3.63, 3.8) is 0 Å². The molecule has 1 unspecified atom stereocenters. The van der Waals surface area contributed by atoms with Crippen molar-refractivity contribution in [1.82, 2.24) is 30.0 Å². The van der Waals surface area contributed by atoms with E-state index in [1.165, 1.54) is 11.1 Å². The van der Waals surface area contributed by atoms with Gasteiger partial charge in [-0.15, -0.1) is 16.4 Å². The van der Waals surface area contributed by atoms with Crippen molar-refractivity contribution in [2.24, 2.45) is 0 Å². The Morgan fingerprint density at radius 2 is 1.91 bits per heavy atom. The van der Waals surface area contributed by atoms with Crippen LogP contribution < -0.4 is 0 Å². The number of halogens is 1. The molecule has 4 aromatic rings. The van der Waals surface area contributed by atoms with Gasteiger partial charge in [-0.25, -0.2) is 4.68 Å². The maximum atomic E-state index is 12.7. The summed E-state index contributed by atoms with van der Waals surface area (Å²) in [6.45, 7) is 3.17. The van der Waals surface area contributed by atoms with Gasteiger partial charge in [-0.1, -0.05) is 29.8 Å². The van der Waals surface area contributed by atoms with Crippen LogP contribution in [-0.4, -0.2) is 62.1 Å². The molecule has 8 nitrogen and oxygen atoms in total. The highest BCUT2D eigenvalue weighted by molar-refractivity contribution is 7.09. The molecule has 0 bridgehead atoms. The van der Waals surface area contributed by atoms with E-state index in [1.54, 1.807) is 23.5 Å². The fourth-order valence-electron chi connectivity index (χ4n) is 3.98. The number of amides is 1. The molecule has 1 aliphatic heterocycles. The molecule has 1 fully saturated rings. The van der Waals surface area contributed by atoms with Crippen molar-refractivity contribution >= 4 is 28.8 Å². The zero-order chi connectivity index (χ0) is 21.9. The van der Waals surface area contributed by atoms with Crippen LogP contribution in [0.1, 0.15) is 32.9 Å². The van der Waals surface area contributed by atoms with Crippen molar-refractivity contribution in [3.05, 3.63) is 87.2 Å². The second-order valence-electron chi connectivity index (χ2n) is 7.53. The van der Waals surface area contributed by atoms with E-state index in [-0.39, 0.29) is 11.9 Å². The number of hydrogen-bond acceptors (Lipinski definition) is 7. The Morgan fingerprint density at radius 3 is 2.59 bits per heavy atom. The van der Waals surface area contributed by atoms with Crippen LogP contribution in [0.3, 0.4) is 0 Å². The molecule has 0 aliphatic carbocycles. The number of tetrazole rings is 1. The van der Waals surface area contributed by atoms with E-state index in [0.29, 0.717) is 43.5 Å². The van der Waals surface area contributed by atoms with Gasteiger partial charge in [0.15, 0.2) is 11.6 Å². The van der Waals surface area contributed by atoms with Gasteiger partial charge in [0.2, 0.25) is 0 Å². The number of carbonyl (C=O) groups excluding carboxylic acids is 1. The summed E-state index contributed by atoms with van der Waals surface area (Å²) < 4.78 is 7.13. The molecular weight excluding hydrogens is 448 g/mol. The first-order chi connectivity index (χ1) is 15.7. The van der Waals surface area contributed by atoms with Crippen LogP contribution in [0, 0.1) is 0 Å². The minimum Gasteiger partial charge on any atom is -0.459 e. The maximum absolute atomic E-state index is 12.7. The van der Waals surface area contributed by atoms with Crippen molar-refractivity contribution in [3.8, 4) is 0 Å². The quantitative estimate of drug-likeness (QED) is 0.430. The van der Waals surface area contributed by atoms with Gasteiger partial charge in [0.05, 0.1) is 18.8 Å². The molecule has 10 heteroatoms. The van der Waals surface area contributed by atoms with Gasteiger partial charge >= 0.3 is 0 Å². The van der Waals surface area contributed by atoms with E-state index in [1.807, 2.05) is 45.3 Å². The number of nitrogens with zero attached hydrogens (tertiary/aromatic N) is 6. The summed E-state index contributed by atoms with van der Waals surface area (Å²) in [5.74, 6) is 1.05. The third-order valence-electron chi connectivity index (χ3n) is 5.57. The number of carbonyl (C=O) groups is 1. The summed E-state index contributed by atoms with van der Waals surface area (Å²) >= 11 is 7.82. The largest absolute Gasteiger partial charge is 0.459 e. The molecule has 3 aromatic heterocycles. The Balaban J connectivity index is 1.40. The summed E-state index contributed by atoms with van der Waals surface area (Å²) in [7, 11) is 0. The predicted molar refractivity (Wildman–Crippen MR) is 121 cm³/mol. The summed E-state index contributed by atoms with van der Waals surface area (Å²) in [6.07, 6.45) is 1.52. The first kappa shape index (κ1) is 20.9. The van der Waals surface area contributed by atoms with Gasteiger partial charge in [0.1, 0.15) is 0 Å². The van der Waals surface area contributed by atoms with Gasteiger partial charge in [-0.2, -0.15) is 0 Å². The molecule has 5 rings (SSSR count). The second kappa shape index (κ2) is 9.23. The molecular formula is C22H21ClN6O2S. The van der Waals surface area contributed by atoms with Gasteiger partial charge < -0.3 is 9.32 Å². The van der Waals surface area contributed by atoms with E-state index in [9.17, 15) is 4.79 Å². The Hall–Kier alpha value is -3.01. The monoisotopic (exact) mass is 468 g/mol. The topological polar surface area (TPSA) is 80.3 Å². The Morgan fingerprint density at radius 1 is 1.09 bits per heavy atom. The SMILES string of the molecule is O=C(c1ccco1)N1CCN(C(c2ccc(Cl)cc2)c2nnnn2Cc2cccs2)CC1. The summed E-state index contributed by atoms with van der Waals surface area (Å²) in [4.78, 5) is 18.0. The number of hydrogen-bond donors (Lipinski definition) is 0. The minimum atomic E-state index is -0.150. The summed E-state index contributed by atoms with van der Waals surface area (Å²) in [6, 6.07) is 15.2. The highest BCUT2D eigenvalue weighted by Crippen LogP contribution is 2.30. The Bertz CT molecular complexity index is 1150. The number of aromatic nitrogens is 4. The molecule has 0 radical (unpaired) electrons. The van der Waals surface area contributed by atoms with Crippen molar-refractivity contribution in [1.29, 1.82) is 0 Å². The average molecular weight is 469 g/mol.